The van der Waals surface area contributed by atoms with Gasteiger partial charge in [-0.05, 0) is 73.6 Å². The second-order valence-electron chi connectivity index (χ2n) is 13.2. The summed E-state index contributed by atoms with van der Waals surface area (Å²) in [5.41, 5.74) is 2.62. The van der Waals surface area contributed by atoms with Crippen LogP contribution in [-0.2, 0) is 21.5 Å². The second kappa shape index (κ2) is 10.8. The maximum atomic E-state index is 13.8. The number of carboxylic acid groups (broad SMARTS) is 1. The average molecular weight is 566 g/mol. The molecule has 0 spiro atoms. The molecule has 2 bridgehead atoms. The van der Waals surface area contributed by atoms with Gasteiger partial charge < -0.3 is 24.6 Å². The normalized spacial score (nSPS) is 28.6. The third kappa shape index (κ3) is 5.13. The maximum Gasteiger partial charge on any atom is 0.411 e. The Hall–Kier alpha value is -3.33. The number of carbonyl (C=O) groups excluding carboxylic acids is 1. The number of carbonyl (C=O) groups is 2. The fraction of sp³-hybridized carbons (Fsp3) is 0.594. The molecule has 3 aliphatic carbocycles. The zero-order valence-corrected chi connectivity index (χ0v) is 25.1. The van der Waals surface area contributed by atoms with Crippen molar-refractivity contribution >= 4 is 12.1 Å². The zero-order valence-electron chi connectivity index (χ0n) is 25.1. The predicted octanol–water partition coefficient (Wildman–Crippen LogP) is 5.33. The number of nitrogens with one attached hydrogen (secondary N) is 1. The summed E-state index contributed by atoms with van der Waals surface area (Å²) in [5.74, 6) is 0.409. The van der Waals surface area contributed by atoms with E-state index >= 15 is 0 Å². The molecule has 41 heavy (non-hydrogen) atoms. The standard InChI is InChI=1S/C32H43N3O6/c1-18(2)41-30(38)35-26(22-9-8-12-33-28(22)40-7)25(24(27(35)29(36)37)32-14-19(15-32)16-32)34-17-20-13-21(31(3,4)5)10-11-23(20)39-6/h8-13,18-19,24-27,34H,14-17H2,1-7H3,(H,36,37)/t19?,24-,25-,26-,27-,32?/m0/s1. The summed E-state index contributed by atoms with van der Waals surface area (Å²) in [6.45, 7) is 10.5. The fourth-order valence-electron chi connectivity index (χ4n) is 7.34. The SMILES string of the molecule is COc1ccc(C(C)(C)C)cc1CN[C@H]1[C@H](C23CC(C2)C3)[C@@H](C(=O)O)N(C(=O)OC(C)C)[C@H]1c1cccnc1OC. The number of hydrogen-bond donors (Lipinski definition) is 2. The zero-order chi connectivity index (χ0) is 29.7. The lowest BCUT2D eigenvalue weighted by atomic mass is 9.38. The highest BCUT2D eigenvalue weighted by Crippen LogP contribution is 2.71. The summed E-state index contributed by atoms with van der Waals surface area (Å²) in [6.07, 6.45) is 3.52. The smallest absolute Gasteiger partial charge is 0.411 e. The minimum atomic E-state index is -1.06. The van der Waals surface area contributed by atoms with Crippen LogP contribution in [0.25, 0.3) is 0 Å². The number of methoxy groups -OCH3 is 2. The van der Waals surface area contributed by atoms with E-state index in [2.05, 4.69) is 43.2 Å². The lowest BCUT2D eigenvalue weighted by Crippen LogP contribution is -2.63. The molecule has 2 aromatic rings. The number of aromatic nitrogens is 1. The first-order valence-corrected chi connectivity index (χ1v) is 14.5. The van der Waals surface area contributed by atoms with E-state index in [4.69, 9.17) is 14.2 Å². The number of amides is 1. The quantitative estimate of drug-likeness (QED) is 0.420. The minimum Gasteiger partial charge on any atom is -0.496 e. The molecule has 2 heterocycles. The molecule has 9 nitrogen and oxygen atoms in total. The summed E-state index contributed by atoms with van der Waals surface area (Å²) in [4.78, 5) is 32.7. The number of hydrogen-bond acceptors (Lipinski definition) is 7. The number of aliphatic carboxylic acids is 1. The van der Waals surface area contributed by atoms with Gasteiger partial charge in [-0.15, -0.1) is 0 Å². The van der Waals surface area contributed by atoms with Crippen LogP contribution in [0, 0.1) is 17.3 Å². The maximum absolute atomic E-state index is 13.8. The van der Waals surface area contributed by atoms with Crippen LogP contribution in [0.2, 0.25) is 0 Å². The van der Waals surface area contributed by atoms with Crippen molar-refractivity contribution in [2.45, 2.75) is 90.1 Å². The van der Waals surface area contributed by atoms with Gasteiger partial charge in [0.15, 0.2) is 0 Å². The van der Waals surface area contributed by atoms with E-state index in [1.807, 2.05) is 12.1 Å². The highest BCUT2D eigenvalue weighted by molar-refractivity contribution is 5.82. The molecule has 6 rings (SSSR count). The molecule has 1 aromatic heterocycles. The van der Waals surface area contributed by atoms with Crippen molar-refractivity contribution in [1.82, 2.24) is 15.2 Å². The second-order valence-corrected chi connectivity index (χ2v) is 13.2. The Labute approximate surface area is 242 Å². The number of ether oxygens (including phenoxy) is 3. The van der Waals surface area contributed by atoms with Gasteiger partial charge in [-0.25, -0.2) is 14.6 Å². The van der Waals surface area contributed by atoms with Crippen LogP contribution in [0.15, 0.2) is 36.5 Å². The van der Waals surface area contributed by atoms with E-state index in [1.165, 1.54) is 17.6 Å². The van der Waals surface area contributed by atoms with Crippen LogP contribution in [0.1, 0.15) is 76.6 Å². The van der Waals surface area contributed by atoms with Crippen LogP contribution in [0.5, 0.6) is 11.6 Å². The summed E-state index contributed by atoms with van der Waals surface area (Å²) < 4.78 is 17.1. The Kier molecular flexibility index (Phi) is 7.70. The largest absolute Gasteiger partial charge is 0.496 e. The summed E-state index contributed by atoms with van der Waals surface area (Å²) >= 11 is 0. The Morgan fingerprint density at radius 3 is 2.39 bits per heavy atom. The fourth-order valence-corrected chi connectivity index (χ4v) is 7.34. The molecule has 2 N–H and O–H groups in total. The lowest BCUT2D eigenvalue weighted by molar-refractivity contribution is -0.174. The topological polar surface area (TPSA) is 110 Å². The van der Waals surface area contributed by atoms with Crippen LogP contribution in [0.4, 0.5) is 4.79 Å². The molecule has 0 unspecified atom stereocenters. The monoisotopic (exact) mass is 565 g/mol. The number of benzene rings is 1. The molecule has 4 atom stereocenters. The third-order valence-electron chi connectivity index (χ3n) is 9.25. The van der Waals surface area contributed by atoms with Crippen LogP contribution in [-0.4, -0.2) is 59.5 Å². The molecule has 1 aliphatic heterocycles. The molecule has 0 radical (unpaired) electrons. The molecular formula is C32H43N3O6. The number of pyridine rings is 1. The van der Waals surface area contributed by atoms with Crippen molar-refractivity contribution in [3.05, 3.63) is 53.2 Å². The number of rotatable bonds is 9. The van der Waals surface area contributed by atoms with Gasteiger partial charge in [0.2, 0.25) is 5.88 Å². The van der Waals surface area contributed by atoms with Gasteiger partial charge in [0.05, 0.1) is 26.4 Å². The first kappa shape index (κ1) is 29.2. The van der Waals surface area contributed by atoms with Gasteiger partial charge in [-0.1, -0.05) is 32.9 Å². The van der Waals surface area contributed by atoms with E-state index in [9.17, 15) is 14.7 Å². The van der Waals surface area contributed by atoms with Crippen LogP contribution in [0.3, 0.4) is 0 Å². The Balaban J connectivity index is 1.62. The molecule has 9 heteroatoms. The lowest BCUT2D eigenvalue weighted by Gasteiger charge is -2.66. The van der Waals surface area contributed by atoms with E-state index < -0.39 is 36.3 Å². The first-order valence-electron chi connectivity index (χ1n) is 14.5. The summed E-state index contributed by atoms with van der Waals surface area (Å²) in [6, 6.07) is 7.76. The Morgan fingerprint density at radius 2 is 1.85 bits per heavy atom. The number of carboxylic acids is 1. The Morgan fingerprint density at radius 1 is 1.15 bits per heavy atom. The van der Waals surface area contributed by atoms with Gasteiger partial charge in [0.1, 0.15) is 11.8 Å². The molecule has 3 saturated carbocycles. The van der Waals surface area contributed by atoms with Gasteiger partial charge in [-0.2, -0.15) is 0 Å². The van der Waals surface area contributed by atoms with Crippen LogP contribution >= 0.6 is 0 Å². The van der Waals surface area contributed by atoms with Crippen LogP contribution < -0.4 is 14.8 Å². The van der Waals surface area contributed by atoms with Crippen molar-refractivity contribution in [3.63, 3.8) is 0 Å². The molecule has 222 valence electrons. The van der Waals surface area contributed by atoms with Crippen molar-refractivity contribution in [2.75, 3.05) is 14.2 Å². The first-order chi connectivity index (χ1) is 19.4. The Bertz CT molecular complexity index is 1290. The van der Waals surface area contributed by atoms with E-state index in [0.717, 1.165) is 30.6 Å². The number of likely N-dealkylation sites (tertiary alicyclic amines) is 1. The average Bonchev–Trinajstić information content (AvgIpc) is 3.19. The summed E-state index contributed by atoms with van der Waals surface area (Å²) in [7, 11) is 3.19. The van der Waals surface area contributed by atoms with Gasteiger partial charge in [-0.3, -0.25) is 4.90 Å². The molecule has 1 aromatic carbocycles. The third-order valence-corrected chi connectivity index (χ3v) is 9.25. The van der Waals surface area contributed by atoms with Gasteiger partial charge in [0, 0.05) is 35.8 Å². The van der Waals surface area contributed by atoms with Crippen molar-refractivity contribution in [3.8, 4) is 11.6 Å². The minimum absolute atomic E-state index is 0.0554. The molecule has 1 amide bonds. The van der Waals surface area contributed by atoms with Crippen molar-refractivity contribution in [1.29, 1.82) is 0 Å². The summed E-state index contributed by atoms with van der Waals surface area (Å²) in [5, 5.41) is 14.4. The van der Waals surface area contributed by atoms with Gasteiger partial charge in [0.25, 0.3) is 0 Å². The van der Waals surface area contributed by atoms with Crippen molar-refractivity contribution in [2.24, 2.45) is 17.3 Å². The molecular weight excluding hydrogens is 522 g/mol. The molecule has 1 saturated heterocycles. The molecule has 4 fully saturated rings. The predicted molar refractivity (Wildman–Crippen MR) is 154 cm³/mol. The number of nitrogens with zero attached hydrogens (tertiary/aromatic N) is 2. The van der Waals surface area contributed by atoms with E-state index in [0.29, 0.717) is 23.9 Å². The highest BCUT2D eigenvalue weighted by atomic mass is 16.6. The van der Waals surface area contributed by atoms with Gasteiger partial charge >= 0.3 is 12.1 Å². The van der Waals surface area contributed by atoms with Crippen molar-refractivity contribution < 1.29 is 28.9 Å². The van der Waals surface area contributed by atoms with E-state index in [-0.39, 0.29) is 16.7 Å². The molecule has 4 aliphatic rings. The van der Waals surface area contributed by atoms with E-state index in [1.54, 1.807) is 33.2 Å². The highest BCUT2D eigenvalue weighted by Gasteiger charge is 2.70.